The summed E-state index contributed by atoms with van der Waals surface area (Å²) in [6, 6.07) is 7.40. The van der Waals surface area contributed by atoms with Gasteiger partial charge in [0.2, 0.25) is 0 Å². The predicted octanol–water partition coefficient (Wildman–Crippen LogP) is 4.96. The van der Waals surface area contributed by atoms with Crippen LogP contribution in [-0.4, -0.2) is 0 Å². The zero-order valence-corrected chi connectivity index (χ0v) is 12.3. The van der Waals surface area contributed by atoms with Crippen molar-refractivity contribution in [3.8, 4) is 0 Å². The minimum absolute atomic E-state index is 0.254. The van der Waals surface area contributed by atoms with Gasteiger partial charge in [-0.15, -0.1) is 0 Å². The van der Waals surface area contributed by atoms with Gasteiger partial charge in [-0.25, -0.2) is 8.78 Å². The van der Waals surface area contributed by atoms with Crippen LogP contribution in [0.4, 0.5) is 14.5 Å². The van der Waals surface area contributed by atoms with Gasteiger partial charge in [0.1, 0.15) is 11.6 Å². The average Bonchev–Trinajstić information content (AvgIpc) is 2.37. The maximum absolute atomic E-state index is 13.5. The standard InChI is InChI=1S/C15H14BrF2N/c1-9-5-13(6-10(2)15(9)16)19-8-11-7-12(17)3-4-14(11)18/h3-7,19H,8H2,1-2H3. The number of aryl methyl sites for hydroxylation is 2. The molecule has 0 saturated heterocycles. The lowest BCUT2D eigenvalue weighted by Crippen LogP contribution is -2.03. The van der Waals surface area contributed by atoms with Gasteiger partial charge in [-0.1, -0.05) is 15.9 Å². The molecule has 0 aliphatic carbocycles. The topological polar surface area (TPSA) is 12.0 Å². The minimum Gasteiger partial charge on any atom is -0.381 e. The van der Waals surface area contributed by atoms with Gasteiger partial charge in [0.15, 0.2) is 0 Å². The second kappa shape index (κ2) is 5.70. The summed E-state index contributed by atoms with van der Waals surface area (Å²) < 4.78 is 27.6. The number of anilines is 1. The molecule has 19 heavy (non-hydrogen) atoms. The molecule has 0 atom stereocenters. The normalized spacial score (nSPS) is 10.6. The van der Waals surface area contributed by atoms with E-state index in [0.717, 1.165) is 33.4 Å². The fraction of sp³-hybridized carbons (Fsp3) is 0.200. The molecule has 0 amide bonds. The van der Waals surface area contributed by atoms with Gasteiger partial charge < -0.3 is 5.32 Å². The summed E-state index contributed by atoms with van der Waals surface area (Å²) >= 11 is 3.49. The van der Waals surface area contributed by atoms with Crippen molar-refractivity contribution >= 4 is 21.6 Å². The lowest BCUT2D eigenvalue weighted by molar-refractivity contribution is 0.587. The van der Waals surface area contributed by atoms with Crippen LogP contribution < -0.4 is 5.32 Å². The Balaban J connectivity index is 2.17. The molecule has 100 valence electrons. The Kier molecular flexibility index (Phi) is 4.20. The number of halogens is 3. The molecule has 0 spiro atoms. The van der Waals surface area contributed by atoms with E-state index in [-0.39, 0.29) is 6.54 Å². The van der Waals surface area contributed by atoms with Gasteiger partial charge >= 0.3 is 0 Å². The predicted molar refractivity (Wildman–Crippen MR) is 77.3 cm³/mol. The van der Waals surface area contributed by atoms with Gasteiger partial charge in [-0.3, -0.25) is 0 Å². The van der Waals surface area contributed by atoms with Crippen LogP contribution in [0.2, 0.25) is 0 Å². The summed E-state index contributed by atoms with van der Waals surface area (Å²) in [5.74, 6) is -0.833. The number of nitrogens with one attached hydrogen (secondary N) is 1. The van der Waals surface area contributed by atoms with Crippen molar-refractivity contribution in [3.05, 3.63) is 63.1 Å². The Bertz CT molecular complexity index is 588. The first-order chi connectivity index (χ1) is 8.97. The van der Waals surface area contributed by atoms with E-state index in [1.54, 1.807) is 0 Å². The smallest absolute Gasteiger partial charge is 0.128 e. The molecule has 0 fully saturated rings. The molecule has 0 aliphatic rings. The summed E-state index contributed by atoms with van der Waals surface area (Å²) in [5, 5.41) is 3.11. The number of hydrogen-bond donors (Lipinski definition) is 1. The van der Waals surface area contributed by atoms with E-state index in [2.05, 4.69) is 21.2 Å². The van der Waals surface area contributed by atoms with Crippen molar-refractivity contribution in [2.24, 2.45) is 0 Å². The van der Waals surface area contributed by atoms with Crippen LogP contribution in [-0.2, 0) is 6.54 Å². The number of benzene rings is 2. The van der Waals surface area contributed by atoms with Gasteiger partial charge in [0.25, 0.3) is 0 Å². The third-order valence-corrected chi connectivity index (χ3v) is 4.18. The molecule has 0 aromatic heterocycles. The molecule has 1 nitrogen and oxygen atoms in total. The summed E-state index contributed by atoms with van der Waals surface area (Å²) in [5.41, 5.74) is 3.41. The molecule has 0 aliphatic heterocycles. The average molecular weight is 326 g/mol. The Labute approximate surface area is 119 Å². The van der Waals surface area contributed by atoms with Crippen LogP contribution >= 0.6 is 15.9 Å². The number of rotatable bonds is 3. The van der Waals surface area contributed by atoms with Crippen molar-refractivity contribution in [2.45, 2.75) is 20.4 Å². The van der Waals surface area contributed by atoms with Gasteiger partial charge in [-0.2, -0.15) is 0 Å². The van der Waals surface area contributed by atoms with Gasteiger partial charge in [0, 0.05) is 22.3 Å². The second-order valence-electron chi connectivity index (χ2n) is 4.51. The second-order valence-corrected chi connectivity index (χ2v) is 5.31. The first-order valence-electron chi connectivity index (χ1n) is 5.92. The van der Waals surface area contributed by atoms with Crippen molar-refractivity contribution in [2.75, 3.05) is 5.32 Å². The zero-order valence-electron chi connectivity index (χ0n) is 10.7. The Hall–Kier alpha value is -1.42. The summed E-state index contributed by atoms with van der Waals surface area (Å²) in [4.78, 5) is 0. The fourth-order valence-corrected chi connectivity index (χ4v) is 2.15. The Morgan fingerprint density at radius 1 is 1.05 bits per heavy atom. The highest BCUT2D eigenvalue weighted by molar-refractivity contribution is 9.10. The van der Waals surface area contributed by atoms with Crippen molar-refractivity contribution in [3.63, 3.8) is 0 Å². The van der Waals surface area contributed by atoms with E-state index < -0.39 is 11.6 Å². The number of hydrogen-bond acceptors (Lipinski definition) is 1. The van der Waals surface area contributed by atoms with Gasteiger partial charge in [0.05, 0.1) is 0 Å². The van der Waals surface area contributed by atoms with Crippen LogP contribution in [0.3, 0.4) is 0 Å². The molecule has 0 heterocycles. The largest absolute Gasteiger partial charge is 0.381 e. The third kappa shape index (κ3) is 3.32. The summed E-state index contributed by atoms with van der Waals surface area (Å²) in [7, 11) is 0. The molecule has 0 radical (unpaired) electrons. The van der Waals surface area contributed by atoms with Crippen LogP contribution in [0.15, 0.2) is 34.8 Å². The SMILES string of the molecule is Cc1cc(NCc2cc(F)ccc2F)cc(C)c1Br. The fourth-order valence-electron chi connectivity index (χ4n) is 1.92. The molecule has 2 rings (SSSR count). The Morgan fingerprint density at radius 3 is 2.32 bits per heavy atom. The summed E-state index contributed by atoms with van der Waals surface area (Å²) in [6.07, 6.45) is 0. The van der Waals surface area contributed by atoms with Crippen LogP contribution in [0.5, 0.6) is 0 Å². The van der Waals surface area contributed by atoms with Crippen LogP contribution in [0.25, 0.3) is 0 Å². The maximum atomic E-state index is 13.5. The highest BCUT2D eigenvalue weighted by Crippen LogP contribution is 2.25. The molecule has 4 heteroatoms. The molecule has 0 bridgehead atoms. The van der Waals surface area contributed by atoms with Crippen LogP contribution in [0.1, 0.15) is 16.7 Å². The lowest BCUT2D eigenvalue weighted by Gasteiger charge is -2.11. The van der Waals surface area contributed by atoms with Gasteiger partial charge in [-0.05, 0) is 55.3 Å². The first kappa shape index (κ1) is 14.0. The van der Waals surface area contributed by atoms with Crippen molar-refractivity contribution in [1.29, 1.82) is 0 Å². The molecular formula is C15H14BrF2N. The molecule has 2 aromatic carbocycles. The van der Waals surface area contributed by atoms with E-state index in [0.29, 0.717) is 5.56 Å². The van der Waals surface area contributed by atoms with E-state index in [1.807, 2.05) is 26.0 Å². The van der Waals surface area contributed by atoms with E-state index in [4.69, 9.17) is 0 Å². The molecule has 0 unspecified atom stereocenters. The highest BCUT2D eigenvalue weighted by Gasteiger charge is 2.05. The maximum Gasteiger partial charge on any atom is 0.128 e. The Morgan fingerprint density at radius 2 is 1.68 bits per heavy atom. The van der Waals surface area contributed by atoms with E-state index in [1.165, 1.54) is 6.07 Å². The third-order valence-electron chi connectivity index (χ3n) is 2.93. The van der Waals surface area contributed by atoms with Crippen LogP contribution in [0, 0.1) is 25.5 Å². The molecule has 1 N–H and O–H groups in total. The minimum atomic E-state index is -0.429. The monoisotopic (exact) mass is 325 g/mol. The lowest BCUT2D eigenvalue weighted by atomic mass is 10.1. The quantitative estimate of drug-likeness (QED) is 0.841. The summed E-state index contributed by atoms with van der Waals surface area (Å²) in [6.45, 7) is 4.24. The van der Waals surface area contributed by atoms with Crippen molar-refractivity contribution in [1.82, 2.24) is 0 Å². The van der Waals surface area contributed by atoms with Crippen molar-refractivity contribution < 1.29 is 8.78 Å². The molecule has 0 saturated carbocycles. The van der Waals surface area contributed by atoms with E-state index >= 15 is 0 Å². The first-order valence-corrected chi connectivity index (χ1v) is 6.71. The zero-order chi connectivity index (χ0) is 14.0. The van der Waals surface area contributed by atoms with E-state index in [9.17, 15) is 8.78 Å². The highest BCUT2D eigenvalue weighted by atomic mass is 79.9. The molecule has 2 aromatic rings. The molecular weight excluding hydrogens is 312 g/mol.